The topological polar surface area (TPSA) is 195 Å². The molecular formula is C63H110O17Si. The molecule has 0 aromatic heterocycles. The average molecular weight is 1170 g/mol. The maximum Gasteiger partial charge on any atom is 0.341 e. The molecule has 4 fully saturated rings. The lowest BCUT2D eigenvalue weighted by atomic mass is 9.81. The van der Waals surface area contributed by atoms with Crippen molar-refractivity contribution in [2.75, 3.05) is 34.9 Å². The van der Waals surface area contributed by atoms with Crippen LogP contribution in [0.4, 0.5) is 0 Å². The summed E-state index contributed by atoms with van der Waals surface area (Å²) < 4.78 is 78.8. The van der Waals surface area contributed by atoms with E-state index in [4.69, 9.17) is 61.3 Å². The molecule has 4 aliphatic rings. The number of hydrogen-bond acceptors (Lipinski definition) is 17. The van der Waals surface area contributed by atoms with Gasteiger partial charge in [-0.25, -0.2) is 9.59 Å². The van der Waals surface area contributed by atoms with E-state index in [1.807, 2.05) is 52.8 Å². The van der Waals surface area contributed by atoms with Crippen molar-refractivity contribution in [1.29, 1.82) is 0 Å². The summed E-state index contributed by atoms with van der Waals surface area (Å²) in [6.07, 6.45) is 20.9. The van der Waals surface area contributed by atoms with Gasteiger partial charge in [0.05, 0.1) is 49.8 Å². The molecule has 0 aromatic rings. The first kappa shape index (κ1) is 71.1. The number of allylic oxidation sites excluding steroid dienone is 8. The second-order valence-corrected chi connectivity index (χ2v) is 30.7. The highest BCUT2D eigenvalue weighted by molar-refractivity contribution is 6.74. The molecule has 0 amide bonds. The van der Waals surface area contributed by atoms with Gasteiger partial charge in [-0.05, 0) is 150 Å². The summed E-state index contributed by atoms with van der Waals surface area (Å²) in [6, 6.07) is 0. The summed E-state index contributed by atoms with van der Waals surface area (Å²) in [4.78, 5) is 26.9. The molecule has 0 saturated carbocycles. The van der Waals surface area contributed by atoms with Crippen LogP contribution in [0.2, 0.25) is 18.1 Å². The lowest BCUT2D eigenvalue weighted by molar-refractivity contribution is -0.322. The van der Waals surface area contributed by atoms with Crippen molar-refractivity contribution in [2.45, 2.75) is 282 Å². The molecule has 16 atom stereocenters. The third-order valence-corrected chi connectivity index (χ3v) is 21.8. The molecule has 2 spiro atoms. The Morgan fingerprint density at radius 1 is 0.593 bits per heavy atom. The Bertz CT molecular complexity index is 2000. The van der Waals surface area contributed by atoms with Crippen LogP contribution in [-0.2, 0) is 70.9 Å². The third kappa shape index (κ3) is 20.9. The van der Waals surface area contributed by atoms with Crippen LogP contribution in [0.15, 0.2) is 48.6 Å². The molecule has 4 rings (SSSR count). The van der Waals surface area contributed by atoms with Gasteiger partial charge in [0.15, 0.2) is 19.9 Å². The van der Waals surface area contributed by atoms with Crippen LogP contribution in [-0.4, -0.2) is 150 Å². The standard InChI is InChI=1S/C63H110O17Si/c1-43-35-37-53(74-62(43)55(57(66)70-16)76-60(10,11)79-62)47(5)51(64)39-49(71-41-68-14)33-29-25-21-19-23-27-31-45(3)73-58(67)56-63(80-61(12,13)77-56)44(2)36-38-54(75-63)48(6)52(65)40-50(72-42-69-15)34-30-26-22-20-24-28-32-46(4)78-81(17,18)59(7,8)9/h19-26,43-56,64-65H,27-42H2,1-18H3/b23-19-,24-20-,25-21+,26-22+/t43-,44-,45+,46+,47-,48-,49+,50+,51?,52?,53+,54+,55?,56?,62+,63+/m1/s1. The fourth-order valence-corrected chi connectivity index (χ4v) is 12.7. The van der Waals surface area contributed by atoms with Crippen molar-refractivity contribution >= 4 is 20.3 Å². The van der Waals surface area contributed by atoms with E-state index >= 15 is 0 Å². The normalized spacial score (nSPS) is 30.1. The number of carbonyl (C=O) groups excluding carboxylic acids is 2. The quantitative estimate of drug-likeness (QED) is 0.0272. The van der Waals surface area contributed by atoms with E-state index < -0.39 is 86.1 Å². The second-order valence-electron chi connectivity index (χ2n) is 25.9. The minimum absolute atomic E-state index is 0.0918. The average Bonchev–Trinajstić information content (AvgIpc) is 3.79. The summed E-state index contributed by atoms with van der Waals surface area (Å²) in [7, 11) is 2.70. The number of esters is 2. The predicted octanol–water partition coefficient (Wildman–Crippen LogP) is 11.9. The van der Waals surface area contributed by atoms with Crippen LogP contribution >= 0.6 is 0 Å². The van der Waals surface area contributed by atoms with Crippen molar-refractivity contribution in [1.82, 2.24) is 0 Å². The molecule has 0 aromatic carbocycles. The number of aliphatic hydroxyl groups is 2. The highest BCUT2D eigenvalue weighted by Crippen LogP contribution is 2.51. The maximum absolute atomic E-state index is 14.1. The summed E-state index contributed by atoms with van der Waals surface area (Å²) in [5.74, 6) is -6.92. The molecule has 18 heteroatoms. The van der Waals surface area contributed by atoms with E-state index in [-0.39, 0.29) is 60.6 Å². The number of aliphatic hydroxyl groups excluding tert-OH is 2. The highest BCUT2D eigenvalue weighted by atomic mass is 28.4. The number of ether oxygens (including phenoxy) is 12. The van der Waals surface area contributed by atoms with Gasteiger partial charge in [0, 0.05) is 44.0 Å². The van der Waals surface area contributed by atoms with Gasteiger partial charge in [0.25, 0.3) is 0 Å². The van der Waals surface area contributed by atoms with Crippen LogP contribution in [0.5, 0.6) is 0 Å². The number of rotatable bonds is 33. The first-order valence-corrected chi connectivity index (χ1v) is 33.2. The molecule has 17 nitrogen and oxygen atoms in total. The Balaban J connectivity index is 1.24. The van der Waals surface area contributed by atoms with E-state index in [2.05, 4.69) is 71.2 Å². The summed E-state index contributed by atoms with van der Waals surface area (Å²) >= 11 is 0. The Morgan fingerprint density at radius 2 is 0.975 bits per heavy atom. The Hall–Kier alpha value is -2.40. The lowest BCUT2D eigenvalue weighted by Gasteiger charge is -2.46. The van der Waals surface area contributed by atoms with Gasteiger partial charge in [0.2, 0.25) is 23.8 Å². The second kappa shape index (κ2) is 32.4. The molecule has 2 N–H and O–H groups in total. The van der Waals surface area contributed by atoms with Crippen molar-refractivity contribution in [2.24, 2.45) is 23.7 Å². The van der Waals surface area contributed by atoms with E-state index in [1.54, 1.807) is 41.9 Å². The fraction of sp³-hybridized carbons (Fsp3) is 0.841. The molecule has 0 aliphatic carbocycles. The zero-order chi connectivity index (χ0) is 60.4. The van der Waals surface area contributed by atoms with Crippen molar-refractivity contribution in [3.8, 4) is 0 Å². The highest BCUT2D eigenvalue weighted by Gasteiger charge is 2.65. The zero-order valence-electron chi connectivity index (χ0n) is 53.0. The molecule has 468 valence electrons. The number of hydrogen-bond donors (Lipinski definition) is 2. The van der Waals surface area contributed by atoms with Crippen molar-refractivity contribution in [3.63, 3.8) is 0 Å². The molecule has 4 saturated heterocycles. The third-order valence-electron chi connectivity index (χ3n) is 17.2. The molecule has 4 unspecified atom stereocenters. The molecule has 4 aliphatic heterocycles. The van der Waals surface area contributed by atoms with Crippen LogP contribution in [0, 0.1) is 23.7 Å². The lowest BCUT2D eigenvalue weighted by Crippen LogP contribution is -2.58. The molecule has 4 heterocycles. The summed E-state index contributed by atoms with van der Waals surface area (Å²) in [5.41, 5.74) is 0. The molecule has 0 bridgehead atoms. The van der Waals surface area contributed by atoms with Crippen LogP contribution in [0.3, 0.4) is 0 Å². The van der Waals surface area contributed by atoms with Gasteiger partial charge in [-0.1, -0.05) is 97.1 Å². The van der Waals surface area contributed by atoms with Gasteiger partial charge in [0.1, 0.15) is 13.6 Å². The van der Waals surface area contributed by atoms with E-state index in [1.165, 1.54) is 7.11 Å². The number of methoxy groups -OCH3 is 3. The predicted molar refractivity (Wildman–Crippen MR) is 314 cm³/mol. The van der Waals surface area contributed by atoms with Gasteiger partial charge < -0.3 is 71.5 Å². The van der Waals surface area contributed by atoms with Crippen molar-refractivity contribution in [3.05, 3.63) is 48.6 Å². The largest absolute Gasteiger partial charge is 0.467 e. The van der Waals surface area contributed by atoms with E-state index in [9.17, 15) is 19.8 Å². The van der Waals surface area contributed by atoms with Gasteiger partial charge in [-0.15, -0.1) is 0 Å². The summed E-state index contributed by atoms with van der Waals surface area (Å²) in [5, 5.41) is 23.4. The minimum Gasteiger partial charge on any atom is -0.467 e. The number of carbonyl (C=O) groups is 2. The first-order valence-electron chi connectivity index (χ1n) is 30.2. The smallest absolute Gasteiger partial charge is 0.341 e. The minimum atomic E-state index is -1.79. The summed E-state index contributed by atoms with van der Waals surface area (Å²) in [6.45, 7) is 30.6. The van der Waals surface area contributed by atoms with E-state index in [0.29, 0.717) is 64.2 Å². The fourth-order valence-electron chi connectivity index (χ4n) is 11.2. The maximum atomic E-state index is 14.1. The molecular weight excluding hydrogens is 1060 g/mol. The van der Waals surface area contributed by atoms with E-state index in [0.717, 1.165) is 25.7 Å². The zero-order valence-corrected chi connectivity index (χ0v) is 54.0. The Labute approximate surface area is 488 Å². The monoisotopic (exact) mass is 1170 g/mol. The molecule has 0 radical (unpaired) electrons. The van der Waals surface area contributed by atoms with Gasteiger partial charge in [-0.3, -0.25) is 0 Å². The first-order chi connectivity index (χ1) is 38.0. The SMILES string of the molecule is COCO[C@@H](CC/C=C/C=C\CC[C@H](C)OC(=O)C1OC(C)(C)O[C@]12O[C@H]([C@H](C)C(O)C[C@H](CC/C=C/C=C\CC[C@H](C)O[Si](C)(C)C(C)(C)C)OCOC)CC[C@H]2C)CC(O)[C@@H](C)[C@@H]1CC[C@@H](C)[C@]2(O1)OC(C)(C)OC2C(=O)OC. The van der Waals surface area contributed by atoms with Crippen molar-refractivity contribution < 1.29 is 81.1 Å². The molecule has 81 heavy (non-hydrogen) atoms. The van der Waals surface area contributed by atoms with Crippen LogP contribution in [0.1, 0.15) is 180 Å². The van der Waals surface area contributed by atoms with Gasteiger partial charge >= 0.3 is 11.9 Å². The van der Waals surface area contributed by atoms with Gasteiger partial charge in [-0.2, -0.15) is 0 Å². The van der Waals surface area contributed by atoms with Crippen LogP contribution in [0.25, 0.3) is 0 Å². The van der Waals surface area contributed by atoms with Crippen LogP contribution < -0.4 is 0 Å². The Morgan fingerprint density at radius 3 is 1.36 bits per heavy atom. The Kier molecular flexibility index (Phi) is 28.4.